The van der Waals surface area contributed by atoms with E-state index in [1.165, 1.54) is 6.07 Å². The van der Waals surface area contributed by atoms with Crippen LogP contribution in [0.25, 0.3) is 21.5 Å². The molecule has 1 N–H and O–H groups in total. The molecule has 0 aliphatic rings. The van der Waals surface area contributed by atoms with Gasteiger partial charge in [-0.2, -0.15) is 0 Å². The van der Waals surface area contributed by atoms with E-state index in [2.05, 4.69) is 0 Å². The molecule has 0 bridgehead atoms. The summed E-state index contributed by atoms with van der Waals surface area (Å²) in [6.45, 7) is 2.48. The summed E-state index contributed by atoms with van der Waals surface area (Å²) in [6.07, 6.45) is 1.53. The maximum absolute atomic E-state index is 11.0. The first-order chi connectivity index (χ1) is 13.7. The molecule has 0 radical (unpaired) electrons. The summed E-state index contributed by atoms with van der Waals surface area (Å²) >= 11 is 0. The van der Waals surface area contributed by atoms with Crippen LogP contribution in [0.15, 0.2) is 72.8 Å². The van der Waals surface area contributed by atoms with Crippen LogP contribution in [0.1, 0.15) is 27.6 Å². The monoisotopic (exact) mass is 372 g/mol. The predicted octanol–water partition coefficient (Wildman–Crippen LogP) is 5.41. The van der Waals surface area contributed by atoms with Gasteiger partial charge >= 0.3 is 0 Å². The molecule has 0 spiro atoms. The van der Waals surface area contributed by atoms with Gasteiger partial charge in [0.2, 0.25) is 0 Å². The van der Waals surface area contributed by atoms with Gasteiger partial charge in [-0.1, -0.05) is 60.7 Å². The van der Waals surface area contributed by atoms with Gasteiger partial charge in [0.1, 0.15) is 11.5 Å². The number of carbonyl (C=O) groups excluding carboxylic acids is 2. The van der Waals surface area contributed by atoms with Crippen molar-refractivity contribution in [1.82, 2.24) is 0 Å². The van der Waals surface area contributed by atoms with E-state index < -0.39 is 0 Å². The number of phenols is 1. The van der Waals surface area contributed by atoms with Gasteiger partial charge < -0.3 is 9.84 Å². The van der Waals surface area contributed by atoms with Crippen LogP contribution in [0.2, 0.25) is 0 Å². The first-order valence-corrected chi connectivity index (χ1v) is 8.95. The fourth-order valence-corrected chi connectivity index (χ4v) is 3.09. The highest BCUT2D eigenvalue weighted by Crippen LogP contribution is 2.26. The number of hydrogen-bond acceptors (Lipinski definition) is 4. The molecule has 0 atom stereocenters. The third-order valence-electron chi connectivity index (χ3n) is 4.41. The maximum atomic E-state index is 11.0. The molecule has 4 aromatic carbocycles. The third kappa shape index (κ3) is 3.86. The molecule has 140 valence electrons. The molecule has 4 nitrogen and oxygen atoms in total. The lowest BCUT2D eigenvalue weighted by Crippen LogP contribution is -1.96. The lowest BCUT2D eigenvalue weighted by atomic mass is 10.0. The van der Waals surface area contributed by atoms with E-state index in [1.807, 2.05) is 67.6 Å². The largest absolute Gasteiger partial charge is 0.507 e. The average Bonchev–Trinajstić information content (AvgIpc) is 2.74. The van der Waals surface area contributed by atoms with E-state index in [1.54, 1.807) is 6.07 Å². The lowest BCUT2D eigenvalue weighted by molar-refractivity contribution is 0.111. The molecule has 0 fully saturated rings. The Bertz CT molecular complexity index is 1130. The molecule has 4 heteroatoms. The number of carbonyl (C=O) groups is 2. The van der Waals surface area contributed by atoms with Crippen LogP contribution in [0.4, 0.5) is 0 Å². The van der Waals surface area contributed by atoms with Crippen molar-refractivity contribution in [2.45, 2.75) is 6.92 Å². The Morgan fingerprint density at radius 2 is 1.29 bits per heavy atom. The number of hydrogen-bond donors (Lipinski definition) is 1. The van der Waals surface area contributed by atoms with E-state index in [9.17, 15) is 14.7 Å². The van der Waals surface area contributed by atoms with Crippen molar-refractivity contribution >= 4 is 34.1 Å². The minimum absolute atomic E-state index is 0.0358. The molecule has 28 heavy (non-hydrogen) atoms. The molecule has 4 aromatic rings. The van der Waals surface area contributed by atoms with Gasteiger partial charge in [-0.15, -0.1) is 0 Å². The SMILES string of the molecule is CCOc1ccc2ccccc2c1C=O.O=Cc1c(O)ccc2ccccc12. The van der Waals surface area contributed by atoms with Gasteiger partial charge in [-0.3, -0.25) is 9.59 Å². The number of ether oxygens (including phenoxy) is 1. The summed E-state index contributed by atoms with van der Waals surface area (Å²) in [5.74, 6) is 0.694. The molecular formula is C24H20O4. The van der Waals surface area contributed by atoms with Gasteiger partial charge in [-0.05, 0) is 40.6 Å². The Kier molecular flexibility index (Phi) is 6.02. The highest BCUT2D eigenvalue weighted by Gasteiger charge is 2.06. The molecule has 0 unspecified atom stereocenters. The molecule has 4 rings (SSSR count). The van der Waals surface area contributed by atoms with E-state index in [0.29, 0.717) is 29.8 Å². The average molecular weight is 372 g/mol. The van der Waals surface area contributed by atoms with Gasteiger partial charge in [0.15, 0.2) is 12.6 Å². The zero-order valence-electron chi connectivity index (χ0n) is 15.5. The van der Waals surface area contributed by atoms with Gasteiger partial charge in [0.05, 0.1) is 17.7 Å². The highest BCUT2D eigenvalue weighted by atomic mass is 16.5. The van der Waals surface area contributed by atoms with Crippen LogP contribution in [0, 0.1) is 0 Å². The number of fused-ring (bicyclic) bond motifs is 2. The van der Waals surface area contributed by atoms with Crippen molar-refractivity contribution < 1.29 is 19.4 Å². The molecule has 0 heterocycles. The first kappa shape index (κ1) is 19.1. The topological polar surface area (TPSA) is 63.6 Å². The van der Waals surface area contributed by atoms with Crippen LogP contribution < -0.4 is 4.74 Å². The quantitative estimate of drug-likeness (QED) is 0.487. The van der Waals surface area contributed by atoms with Crippen molar-refractivity contribution in [3.05, 3.63) is 83.9 Å². The second-order valence-corrected chi connectivity index (χ2v) is 6.09. The molecule has 0 aliphatic heterocycles. The Morgan fingerprint density at radius 3 is 1.86 bits per heavy atom. The van der Waals surface area contributed by atoms with Gasteiger partial charge in [-0.25, -0.2) is 0 Å². The maximum Gasteiger partial charge on any atom is 0.154 e. The number of phenolic OH excluding ortho intramolecular Hbond substituents is 1. The summed E-state index contributed by atoms with van der Waals surface area (Å²) in [5.41, 5.74) is 0.994. The molecule has 0 aromatic heterocycles. The van der Waals surface area contributed by atoms with Crippen molar-refractivity contribution in [2.75, 3.05) is 6.61 Å². The Labute approximate surface area is 163 Å². The second kappa shape index (κ2) is 8.82. The number of rotatable bonds is 4. The zero-order valence-corrected chi connectivity index (χ0v) is 15.5. The summed E-state index contributed by atoms with van der Waals surface area (Å²) in [5, 5.41) is 13.1. The summed E-state index contributed by atoms with van der Waals surface area (Å²) < 4.78 is 5.40. The van der Waals surface area contributed by atoms with Crippen molar-refractivity contribution in [3.8, 4) is 11.5 Å². The van der Waals surface area contributed by atoms with Crippen molar-refractivity contribution in [2.24, 2.45) is 0 Å². The summed E-state index contributed by atoms with van der Waals surface area (Å²) in [6, 6.07) is 22.4. The summed E-state index contributed by atoms with van der Waals surface area (Å²) in [4.78, 5) is 21.7. The smallest absolute Gasteiger partial charge is 0.154 e. The Balaban J connectivity index is 0.000000162. The molecule has 0 aliphatic carbocycles. The van der Waals surface area contributed by atoms with Crippen molar-refractivity contribution in [1.29, 1.82) is 0 Å². The number of aromatic hydroxyl groups is 1. The predicted molar refractivity (Wildman–Crippen MR) is 112 cm³/mol. The fourth-order valence-electron chi connectivity index (χ4n) is 3.09. The normalized spacial score (nSPS) is 10.2. The van der Waals surface area contributed by atoms with E-state index in [4.69, 9.17) is 4.74 Å². The minimum atomic E-state index is 0.0358. The van der Waals surface area contributed by atoms with E-state index in [-0.39, 0.29) is 5.75 Å². The minimum Gasteiger partial charge on any atom is -0.507 e. The number of benzene rings is 4. The molecule has 0 saturated carbocycles. The van der Waals surface area contributed by atoms with Crippen LogP contribution in [-0.4, -0.2) is 24.3 Å². The molecule has 0 amide bonds. The van der Waals surface area contributed by atoms with Crippen LogP contribution in [-0.2, 0) is 0 Å². The first-order valence-electron chi connectivity index (χ1n) is 8.95. The number of aldehydes is 2. The third-order valence-corrected chi connectivity index (χ3v) is 4.41. The second-order valence-electron chi connectivity index (χ2n) is 6.09. The Hall–Kier alpha value is -3.66. The van der Waals surface area contributed by atoms with Crippen LogP contribution >= 0.6 is 0 Å². The fraction of sp³-hybridized carbons (Fsp3) is 0.0833. The van der Waals surface area contributed by atoms with Gasteiger partial charge in [0, 0.05) is 0 Å². The van der Waals surface area contributed by atoms with Crippen LogP contribution in [0.3, 0.4) is 0 Å². The Morgan fingerprint density at radius 1 is 0.750 bits per heavy atom. The van der Waals surface area contributed by atoms with E-state index >= 15 is 0 Å². The zero-order chi connectivity index (χ0) is 19.9. The van der Waals surface area contributed by atoms with Crippen LogP contribution in [0.5, 0.6) is 11.5 Å². The molecule has 0 saturated heterocycles. The van der Waals surface area contributed by atoms with Gasteiger partial charge in [0.25, 0.3) is 0 Å². The highest BCUT2D eigenvalue weighted by molar-refractivity contribution is 6.01. The molecular weight excluding hydrogens is 352 g/mol. The lowest BCUT2D eigenvalue weighted by Gasteiger charge is -2.08. The summed E-state index contributed by atoms with van der Waals surface area (Å²) in [7, 11) is 0. The van der Waals surface area contributed by atoms with E-state index in [0.717, 1.165) is 27.8 Å². The standard InChI is InChI=1S/C13H12O2.C11H8O2/c1-2-15-13-8-7-10-5-3-4-6-11(10)12(13)9-14;12-7-10-9-4-2-1-3-8(9)5-6-11(10)13/h3-9H,2H2,1H3;1-7,13H. The van der Waals surface area contributed by atoms with Crippen molar-refractivity contribution in [3.63, 3.8) is 0 Å².